The lowest BCUT2D eigenvalue weighted by atomic mass is 9.85. The number of fused-ring (bicyclic) bond motifs is 4. The zero-order valence-corrected chi connectivity index (χ0v) is 21.1. The highest BCUT2D eigenvalue weighted by Crippen LogP contribution is 2.50. The number of hydrogen-bond acceptors (Lipinski definition) is 2. The molecule has 6 aromatic rings. The lowest BCUT2D eigenvalue weighted by Crippen LogP contribution is -2.14. The van der Waals surface area contributed by atoms with Gasteiger partial charge in [-0.05, 0) is 75.0 Å². The molecule has 0 unspecified atom stereocenters. The van der Waals surface area contributed by atoms with Gasteiger partial charge < -0.3 is 4.90 Å². The van der Waals surface area contributed by atoms with Gasteiger partial charge in [-0.25, -0.2) is 0 Å². The van der Waals surface area contributed by atoms with Gasteiger partial charge in [0.2, 0.25) is 0 Å². The van der Waals surface area contributed by atoms with Crippen LogP contribution in [0.4, 0.5) is 11.4 Å². The van der Waals surface area contributed by atoms with Crippen LogP contribution in [0.15, 0.2) is 125 Å². The molecule has 0 fully saturated rings. The van der Waals surface area contributed by atoms with Crippen LogP contribution in [0.3, 0.4) is 0 Å². The predicted octanol–water partition coefficient (Wildman–Crippen LogP) is 9.87. The first-order chi connectivity index (χ1) is 17.7. The summed E-state index contributed by atoms with van der Waals surface area (Å²) in [5.41, 5.74) is 8.93. The predicted molar refractivity (Wildman–Crippen MR) is 156 cm³/mol. The van der Waals surface area contributed by atoms with Crippen molar-refractivity contribution in [3.05, 3.63) is 121 Å². The van der Waals surface area contributed by atoms with Gasteiger partial charge in [0.05, 0.1) is 11.4 Å². The number of aryl methyl sites for hydroxylation is 1. The van der Waals surface area contributed by atoms with E-state index in [4.69, 9.17) is 0 Å². The molecule has 1 aliphatic rings. The Hall–Kier alpha value is -4.01. The minimum Gasteiger partial charge on any atom is -0.343 e. The zero-order valence-electron chi connectivity index (χ0n) is 20.3. The summed E-state index contributed by atoms with van der Waals surface area (Å²) in [5, 5.41) is 5.19. The minimum absolute atomic E-state index is 1.26. The highest BCUT2D eigenvalue weighted by atomic mass is 32.2. The maximum atomic E-state index is 2.38. The second-order valence-corrected chi connectivity index (χ2v) is 10.6. The maximum Gasteiger partial charge on any atom is 0.0556 e. The molecule has 36 heavy (non-hydrogen) atoms. The van der Waals surface area contributed by atoms with E-state index in [1.807, 2.05) is 11.8 Å². The molecular formula is C34H25NS. The van der Waals surface area contributed by atoms with Crippen LogP contribution >= 0.6 is 11.8 Å². The Morgan fingerprint density at radius 1 is 0.500 bits per heavy atom. The molecule has 1 aliphatic heterocycles. The number of rotatable bonds is 2. The Morgan fingerprint density at radius 2 is 1.14 bits per heavy atom. The molecule has 0 atom stereocenters. The van der Waals surface area contributed by atoms with E-state index in [2.05, 4.69) is 134 Å². The largest absolute Gasteiger partial charge is 0.343 e. The molecule has 0 N–H and O–H groups in total. The first-order valence-electron chi connectivity index (χ1n) is 12.3. The molecule has 0 saturated carbocycles. The first-order valence-corrected chi connectivity index (χ1v) is 13.2. The van der Waals surface area contributed by atoms with Crippen LogP contribution in [-0.2, 0) is 0 Å². The topological polar surface area (TPSA) is 3.24 Å². The van der Waals surface area contributed by atoms with Gasteiger partial charge in [-0.1, -0.05) is 108 Å². The quantitative estimate of drug-likeness (QED) is 0.227. The second-order valence-electron chi connectivity index (χ2n) is 9.52. The summed E-state index contributed by atoms with van der Waals surface area (Å²) < 4.78 is 0. The van der Waals surface area contributed by atoms with Crippen molar-refractivity contribution >= 4 is 44.7 Å². The van der Waals surface area contributed by atoms with E-state index >= 15 is 0 Å². The Kier molecular flexibility index (Phi) is 4.90. The molecule has 1 heterocycles. The van der Waals surface area contributed by atoms with Crippen LogP contribution < -0.4 is 4.90 Å². The van der Waals surface area contributed by atoms with Gasteiger partial charge in [0.25, 0.3) is 0 Å². The summed E-state index contributed by atoms with van der Waals surface area (Å²) in [5.74, 6) is 0. The Balaban J connectivity index is 1.55. The fourth-order valence-electron chi connectivity index (χ4n) is 5.61. The van der Waals surface area contributed by atoms with Gasteiger partial charge in [-0.2, -0.15) is 0 Å². The summed E-state index contributed by atoms with van der Waals surface area (Å²) in [4.78, 5) is 4.93. The molecular weight excluding hydrogens is 454 g/mol. The van der Waals surface area contributed by atoms with E-state index in [9.17, 15) is 0 Å². The molecule has 0 aliphatic carbocycles. The van der Waals surface area contributed by atoms with Gasteiger partial charge in [0.1, 0.15) is 0 Å². The van der Waals surface area contributed by atoms with Crippen molar-refractivity contribution < 1.29 is 0 Å². The van der Waals surface area contributed by atoms with Crippen molar-refractivity contribution in [2.24, 2.45) is 0 Å². The molecule has 1 nitrogen and oxygen atoms in total. The van der Waals surface area contributed by atoms with Crippen molar-refractivity contribution in [2.75, 3.05) is 11.9 Å². The molecule has 6 aromatic carbocycles. The van der Waals surface area contributed by atoms with Crippen LogP contribution in [0, 0.1) is 6.92 Å². The molecule has 172 valence electrons. The fourth-order valence-corrected chi connectivity index (χ4v) is 6.74. The summed E-state index contributed by atoms with van der Waals surface area (Å²) >= 11 is 1.86. The zero-order chi connectivity index (χ0) is 24.2. The highest BCUT2D eigenvalue weighted by molar-refractivity contribution is 7.99. The Bertz CT molecular complexity index is 1790. The molecule has 0 spiro atoms. The van der Waals surface area contributed by atoms with E-state index in [-0.39, 0.29) is 0 Å². The summed E-state index contributed by atoms with van der Waals surface area (Å²) in [6.07, 6.45) is 0. The van der Waals surface area contributed by atoms with Gasteiger partial charge >= 0.3 is 0 Å². The number of hydrogen-bond donors (Lipinski definition) is 0. The molecule has 0 bridgehead atoms. The van der Waals surface area contributed by atoms with E-state index in [0.717, 1.165) is 0 Å². The molecule has 0 amide bonds. The van der Waals surface area contributed by atoms with Crippen LogP contribution in [0.25, 0.3) is 43.8 Å². The minimum atomic E-state index is 1.26. The third-order valence-corrected chi connectivity index (χ3v) is 8.43. The van der Waals surface area contributed by atoms with Gasteiger partial charge in [0, 0.05) is 16.8 Å². The normalized spacial score (nSPS) is 12.6. The maximum absolute atomic E-state index is 2.38. The van der Waals surface area contributed by atoms with Crippen molar-refractivity contribution in [1.82, 2.24) is 0 Å². The molecule has 0 radical (unpaired) electrons. The van der Waals surface area contributed by atoms with Gasteiger partial charge in [-0.3, -0.25) is 0 Å². The molecule has 0 saturated heterocycles. The Morgan fingerprint density at radius 3 is 1.94 bits per heavy atom. The third-order valence-electron chi connectivity index (χ3n) is 7.30. The van der Waals surface area contributed by atoms with E-state index in [1.165, 1.54) is 70.5 Å². The van der Waals surface area contributed by atoms with E-state index in [1.54, 1.807) is 0 Å². The van der Waals surface area contributed by atoms with Crippen molar-refractivity contribution in [1.29, 1.82) is 0 Å². The molecule has 2 heteroatoms. The number of nitrogens with zero attached hydrogens (tertiary/aromatic N) is 1. The number of para-hydroxylation sites is 1. The number of anilines is 2. The van der Waals surface area contributed by atoms with E-state index < -0.39 is 0 Å². The summed E-state index contributed by atoms with van der Waals surface area (Å²) in [6.45, 7) is 2.19. The van der Waals surface area contributed by atoms with Crippen LogP contribution in [-0.4, -0.2) is 7.05 Å². The average Bonchev–Trinajstić information content (AvgIpc) is 2.92. The smallest absolute Gasteiger partial charge is 0.0556 e. The van der Waals surface area contributed by atoms with Crippen LogP contribution in [0.2, 0.25) is 0 Å². The average molecular weight is 480 g/mol. The summed E-state index contributed by atoms with van der Waals surface area (Å²) in [6, 6.07) is 42.2. The Labute approximate surface area is 216 Å². The van der Waals surface area contributed by atoms with Crippen molar-refractivity contribution in [3.63, 3.8) is 0 Å². The van der Waals surface area contributed by atoms with Crippen molar-refractivity contribution in [3.8, 4) is 22.3 Å². The molecule has 0 aromatic heterocycles. The highest BCUT2D eigenvalue weighted by Gasteiger charge is 2.22. The SMILES string of the molecule is Cc1ccc2c(-c3ccccc3)c3ccccc3c(-c3ccc4c(c3)N(C)c3ccccc3S4)c2c1. The second kappa shape index (κ2) is 8.29. The van der Waals surface area contributed by atoms with Crippen molar-refractivity contribution in [2.45, 2.75) is 16.7 Å². The number of benzene rings is 6. The third kappa shape index (κ3) is 3.26. The monoisotopic (exact) mass is 479 g/mol. The van der Waals surface area contributed by atoms with Crippen LogP contribution in [0.1, 0.15) is 5.56 Å². The van der Waals surface area contributed by atoms with Crippen LogP contribution in [0.5, 0.6) is 0 Å². The lowest BCUT2D eigenvalue weighted by molar-refractivity contribution is 1.11. The fraction of sp³-hybridized carbons (Fsp3) is 0.0588. The lowest BCUT2D eigenvalue weighted by Gasteiger charge is -2.30. The van der Waals surface area contributed by atoms with E-state index in [0.29, 0.717) is 0 Å². The molecule has 7 rings (SSSR count). The summed E-state index contributed by atoms with van der Waals surface area (Å²) in [7, 11) is 2.18. The first kappa shape index (κ1) is 21.3. The van der Waals surface area contributed by atoms with Gasteiger partial charge in [-0.15, -0.1) is 0 Å². The van der Waals surface area contributed by atoms with Gasteiger partial charge in [0.15, 0.2) is 0 Å². The standard InChI is InChI=1S/C34H25NS/c1-22-16-18-27-28(20-22)34(26-13-7-6-12-25(26)33(27)23-10-4-3-5-11-23)24-17-19-32-30(21-24)35(2)29-14-8-9-15-31(29)36-32/h3-21H,1-2H3.